The first-order chi connectivity index (χ1) is 13.2. The molecule has 7 nitrogen and oxygen atoms in total. The second-order valence-electron chi connectivity index (χ2n) is 8.47. The number of hydrogen-bond donors (Lipinski definition) is 0. The SMILES string of the molecule is COc1ccc(N2CC(C(=O)N3CCN(C(=O)C(C)(C)C)CC3)CC2=O)cc1. The van der Waals surface area contributed by atoms with Gasteiger partial charge in [0, 0.05) is 50.2 Å². The number of benzene rings is 1. The molecule has 0 aliphatic carbocycles. The Balaban J connectivity index is 1.58. The summed E-state index contributed by atoms with van der Waals surface area (Å²) in [4.78, 5) is 43.1. The summed E-state index contributed by atoms with van der Waals surface area (Å²) in [6.45, 7) is 8.25. The third kappa shape index (κ3) is 4.13. The topological polar surface area (TPSA) is 70.2 Å². The van der Waals surface area contributed by atoms with E-state index in [4.69, 9.17) is 4.74 Å². The van der Waals surface area contributed by atoms with Gasteiger partial charge in [0.2, 0.25) is 17.7 Å². The van der Waals surface area contributed by atoms with Crippen LogP contribution in [0.2, 0.25) is 0 Å². The Morgan fingerprint density at radius 2 is 1.57 bits per heavy atom. The third-order valence-corrected chi connectivity index (χ3v) is 5.38. The van der Waals surface area contributed by atoms with Crippen molar-refractivity contribution in [3.05, 3.63) is 24.3 Å². The summed E-state index contributed by atoms with van der Waals surface area (Å²) >= 11 is 0. The lowest BCUT2D eigenvalue weighted by Gasteiger charge is -2.38. The summed E-state index contributed by atoms with van der Waals surface area (Å²) in [5.74, 6) is 0.476. The number of ether oxygens (including phenoxy) is 1. The maximum atomic E-state index is 12.9. The molecular formula is C21H29N3O4. The van der Waals surface area contributed by atoms with Crippen LogP contribution in [0.5, 0.6) is 5.75 Å². The Bertz CT molecular complexity index is 746. The lowest BCUT2D eigenvalue weighted by molar-refractivity contribution is -0.146. The second-order valence-corrected chi connectivity index (χ2v) is 8.47. The van der Waals surface area contributed by atoms with Gasteiger partial charge in [0.1, 0.15) is 5.75 Å². The minimum Gasteiger partial charge on any atom is -0.497 e. The van der Waals surface area contributed by atoms with Crippen LogP contribution in [0, 0.1) is 11.3 Å². The average molecular weight is 387 g/mol. The smallest absolute Gasteiger partial charge is 0.228 e. The van der Waals surface area contributed by atoms with E-state index in [-0.39, 0.29) is 30.1 Å². The summed E-state index contributed by atoms with van der Waals surface area (Å²) < 4.78 is 5.15. The van der Waals surface area contributed by atoms with Gasteiger partial charge in [-0.05, 0) is 24.3 Å². The molecule has 0 bridgehead atoms. The molecule has 1 unspecified atom stereocenters. The maximum absolute atomic E-state index is 12.9. The largest absolute Gasteiger partial charge is 0.497 e. The normalized spacial score (nSPS) is 20.5. The van der Waals surface area contributed by atoms with Crippen LogP contribution >= 0.6 is 0 Å². The predicted octanol–water partition coefficient (Wildman–Crippen LogP) is 1.76. The fraction of sp³-hybridized carbons (Fsp3) is 0.571. The van der Waals surface area contributed by atoms with Crippen LogP contribution < -0.4 is 9.64 Å². The van der Waals surface area contributed by atoms with E-state index in [1.165, 1.54) is 0 Å². The Labute approximate surface area is 166 Å². The number of piperazine rings is 1. The first-order valence-electron chi connectivity index (χ1n) is 9.73. The van der Waals surface area contributed by atoms with Crippen molar-refractivity contribution in [3.8, 4) is 5.75 Å². The van der Waals surface area contributed by atoms with Crippen molar-refractivity contribution in [3.63, 3.8) is 0 Å². The fourth-order valence-electron chi connectivity index (χ4n) is 3.75. The van der Waals surface area contributed by atoms with Crippen molar-refractivity contribution >= 4 is 23.4 Å². The van der Waals surface area contributed by atoms with Gasteiger partial charge in [-0.25, -0.2) is 0 Å². The van der Waals surface area contributed by atoms with Gasteiger partial charge in [-0.3, -0.25) is 14.4 Å². The molecular weight excluding hydrogens is 358 g/mol. The van der Waals surface area contributed by atoms with E-state index in [2.05, 4.69) is 0 Å². The van der Waals surface area contributed by atoms with Crippen molar-refractivity contribution < 1.29 is 19.1 Å². The van der Waals surface area contributed by atoms with Crippen LogP contribution in [-0.4, -0.2) is 67.4 Å². The van der Waals surface area contributed by atoms with Crippen LogP contribution in [0.25, 0.3) is 0 Å². The molecule has 1 atom stereocenters. The molecule has 152 valence electrons. The highest BCUT2D eigenvalue weighted by Crippen LogP contribution is 2.28. The molecule has 3 amide bonds. The number of amides is 3. The summed E-state index contributed by atoms with van der Waals surface area (Å²) in [5, 5.41) is 0. The van der Waals surface area contributed by atoms with E-state index in [1.54, 1.807) is 16.9 Å². The van der Waals surface area contributed by atoms with Gasteiger partial charge >= 0.3 is 0 Å². The Morgan fingerprint density at radius 1 is 1.00 bits per heavy atom. The van der Waals surface area contributed by atoms with Gasteiger partial charge in [-0.15, -0.1) is 0 Å². The number of rotatable bonds is 3. The van der Waals surface area contributed by atoms with Crippen molar-refractivity contribution in [2.24, 2.45) is 11.3 Å². The van der Waals surface area contributed by atoms with Gasteiger partial charge in [-0.1, -0.05) is 20.8 Å². The van der Waals surface area contributed by atoms with Crippen LogP contribution in [0.1, 0.15) is 27.2 Å². The van der Waals surface area contributed by atoms with Crippen molar-refractivity contribution in [2.75, 3.05) is 44.7 Å². The molecule has 2 aliphatic heterocycles. The van der Waals surface area contributed by atoms with E-state index in [0.29, 0.717) is 32.7 Å². The molecule has 3 rings (SSSR count). The monoisotopic (exact) mass is 387 g/mol. The van der Waals surface area contributed by atoms with Crippen molar-refractivity contribution in [2.45, 2.75) is 27.2 Å². The zero-order valence-electron chi connectivity index (χ0n) is 17.1. The Morgan fingerprint density at radius 3 is 2.11 bits per heavy atom. The zero-order chi connectivity index (χ0) is 20.5. The molecule has 28 heavy (non-hydrogen) atoms. The first kappa shape index (κ1) is 20.2. The maximum Gasteiger partial charge on any atom is 0.228 e. The number of carbonyl (C=O) groups is 3. The minimum absolute atomic E-state index is 0.00668. The highest BCUT2D eigenvalue weighted by Gasteiger charge is 2.38. The number of anilines is 1. The molecule has 7 heteroatoms. The standard InChI is InChI=1S/C21H29N3O4/c1-21(2,3)20(27)23-11-9-22(10-12-23)19(26)15-13-18(25)24(14-15)16-5-7-17(28-4)8-6-16/h5-8,15H,9-14H2,1-4H3. The molecule has 0 radical (unpaired) electrons. The summed E-state index contributed by atoms with van der Waals surface area (Å²) in [6.07, 6.45) is 0.228. The third-order valence-electron chi connectivity index (χ3n) is 5.38. The summed E-state index contributed by atoms with van der Waals surface area (Å²) in [6, 6.07) is 7.29. The van der Waals surface area contributed by atoms with Crippen LogP contribution in [0.4, 0.5) is 5.69 Å². The number of carbonyl (C=O) groups excluding carboxylic acids is 3. The number of nitrogens with zero attached hydrogens (tertiary/aromatic N) is 3. The van der Waals surface area contributed by atoms with Crippen LogP contribution in [0.3, 0.4) is 0 Å². The van der Waals surface area contributed by atoms with E-state index in [1.807, 2.05) is 49.9 Å². The summed E-state index contributed by atoms with van der Waals surface area (Å²) in [5.41, 5.74) is 0.366. The highest BCUT2D eigenvalue weighted by molar-refractivity contribution is 6.00. The van der Waals surface area contributed by atoms with E-state index >= 15 is 0 Å². The van der Waals surface area contributed by atoms with Gasteiger partial charge in [0.05, 0.1) is 13.0 Å². The van der Waals surface area contributed by atoms with Crippen LogP contribution in [0.15, 0.2) is 24.3 Å². The van der Waals surface area contributed by atoms with E-state index < -0.39 is 5.41 Å². The van der Waals surface area contributed by atoms with Gasteiger partial charge in [0.15, 0.2) is 0 Å². The molecule has 2 heterocycles. The van der Waals surface area contributed by atoms with Gasteiger partial charge < -0.3 is 19.4 Å². The van der Waals surface area contributed by atoms with Gasteiger partial charge in [-0.2, -0.15) is 0 Å². The fourth-order valence-corrected chi connectivity index (χ4v) is 3.75. The highest BCUT2D eigenvalue weighted by atomic mass is 16.5. The quantitative estimate of drug-likeness (QED) is 0.793. The van der Waals surface area contributed by atoms with Crippen molar-refractivity contribution in [1.29, 1.82) is 0 Å². The predicted molar refractivity (Wildman–Crippen MR) is 106 cm³/mol. The molecule has 0 aromatic heterocycles. The lowest BCUT2D eigenvalue weighted by Crippen LogP contribution is -2.54. The first-order valence-corrected chi connectivity index (χ1v) is 9.73. The molecule has 2 saturated heterocycles. The molecule has 0 N–H and O–H groups in total. The summed E-state index contributed by atoms with van der Waals surface area (Å²) in [7, 11) is 1.60. The van der Waals surface area contributed by atoms with E-state index in [0.717, 1.165) is 11.4 Å². The molecule has 0 saturated carbocycles. The molecule has 0 spiro atoms. The molecule has 2 fully saturated rings. The molecule has 2 aliphatic rings. The van der Waals surface area contributed by atoms with Gasteiger partial charge in [0.25, 0.3) is 0 Å². The number of methoxy groups -OCH3 is 1. The number of hydrogen-bond acceptors (Lipinski definition) is 4. The Kier molecular flexibility index (Phi) is 5.63. The zero-order valence-corrected chi connectivity index (χ0v) is 17.1. The average Bonchev–Trinajstić information content (AvgIpc) is 3.08. The Hall–Kier alpha value is -2.57. The lowest BCUT2D eigenvalue weighted by atomic mass is 9.94. The molecule has 1 aromatic rings. The van der Waals surface area contributed by atoms with E-state index in [9.17, 15) is 14.4 Å². The minimum atomic E-state index is -0.414. The molecule has 1 aromatic carbocycles. The van der Waals surface area contributed by atoms with Crippen LogP contribution in [-0.2, 0) is 14.4 Å². The van der Waals surface area contributed by atoms with Crippen molar-refractivity contribution in [1.82, 2.24) is 9.80 Å². The second kappa shape index (κ2) is 7.81.